The predicted molar refractivity (Wildman–Crippen MR) is 75.0 cm³/mol. The summed E-state index contributed by atoms with van der Waals surface area (Å²) >= 11 is 0. The molecule has 0 radical (unpaired) electrons. The topological polar surface area (TPSA) is 12.9 Å². The molecule has 0 bridgehead atoms. The minimum absolute atomic E-state index is 0.342. The van der Waals surface area contributed by atoms with Crippen molar-refractivity contribution in [2.45, 2.75) is 0 Å². The van der Waals surface area contributed by atoms with Gasteiger partial charge in [-0.3, -0.25) is 0 Å². The van der Waals surface area contributed by atoms with Gasteiger partial charge in [-0.2, -0.15) is 0 Å². The maximum absolute atomic E-state index is 13.8. The zero-order valence-corrected chi connectivity index (χ0v) is 10.6. The number of hydrogen-bond acceptors (Lipinski definition) is 1. The van der Waals surface area contributed by atoms with Gasteiger partial charge in [0.15, 0.2) is 0 Å². The molecular formula is C17H11F2N. The molecule has 0 fully saturated rings. The molecule has 0 aliphatic carbocycles. The van der Waals surface area contributed by atoms with Gasteiger partial charge in [-0.15, -0.1) is 0 Å². The zero-order valence-electron chi connectivity index (χ0n) is 10.6. The van der Waals surface area contributed by atoms with E-state index in [9.17, 15) is 8.78 Å². The molecule has 0 aliphatic rings. The van der Waals surface area contributed by atoms with Crippen LogP contribution in [-0.2, 0) is 0 Å². The average Bonchev–Trinajstić information content (AvgIpc) is 2.48. The first-order valence-electron chi connectivity index (χ1n) is 6.22. The minimum atomic E-state index is -0.342. The van der Waals surface area contributed by atoms with E-state index in [0.717, 1.165) is 0 Å². The molecule has 0 aliphatic heterocycles. The summed E-state index contributed by atoms with van der Waals surface area (Å²) in [6, 6.07) is 18.0. The first kappa shape index (κ1) is 12.5. The smallest absolute Gasteiger partial charge is 0.132 e. The van der Waals surface area contributed by atoms with Gasteiger partial charge in [-0.25, -0.2) is 13.8 Å². The zero-order chi connectivity index (χ0) is 13.9. The summed E-state index contributed by atoms with van der Waals surface area (Å²) in [6.07, 6.45) is 0. The number of aromatic nitrogens is 1. The van der Waals surface area contributed by atoms with E-state index in [1.54, 1.807) is 54.6 Å². The third kappa shape index (κ3) is 2.30. The van der Waals surface area contributed by atoms with Crippen LogP contribution in [0.1, 0.15) is 0 Å². The minimum Gasteiger partial charge on any atom is -0.248 e. The molecule has 0 amide bonds. The predicted octanol–water partition coefficient (Wildman–Crippen LogP) is 4.69. The molecule has 3 aromatic rings. The van der Waals surface area contributed by atoms with Gasteiger partial charge in [0.05, 0.1) is 11.4 Å². The van der Waals surface area contributed by atoms with Gasteiger partial charge < -0.3 is 0 Å². The first-order chi connectivity index (χ1) is 9.75. The molecule has 0 unspecified atom stereocenters. The van der Waals surface area contributed by atoms with E-state index >= 15 is 0 Å². The third-order valence-electron chi connectivity index (χ3n) is 3.05. The molecule has 20 heavy (non-hydrogen) atoms. The van der Waals surface area contributed by atoms with Crippen molar-refractivity contribution in [1.29, 1.82) is 0 Å². The Balaban J connectivity index is 2.12. The Morgan fingerprint density at radius 3 is 1.45 bits per heavy atom. The largest absolute Gasteiger partial charge is 0.248 e. The second-order valence-electron chi connectivity index (χ2n) is 4.37. The van der Waals surface area contributed by atoms with Crippen LogP contribution in [0.25, 0.3) is 22.5 Å². The Hall–Kier alpha value is -2.55. The Bertz CT molecular complexity index is 692. The van der Waals surface area contributed by atoms with Gasteiger partial charge in [-0.1, -0.05) is 30.3 Å². The van der Waals surface area contributed by atoms with Crippen molar-refractivity contribution in [1.82, 2.24) is 4.98 Å². The van der Waals surface area contributed by atoms with Crippen molar-refractivity contribution in [2.24, 2.45) is 0 Å². The van der Waals surface area contributed by atoms with E-state index < -0.39 is 0 Å². The van der Waals surface area contributed by atoms with Gasteiger partial charge in [0, 0.05) is 11.1 Å². The van der Waals surface area contributed by atoms with Crippen molar-refractivity contribution < 1.29 is 8.78 Å². The average molecular weight is 267 g/mol. The molecule has 1 heterocycles. The molecule has 0 N–H and O–H groups in total. The van der Waals surface area contributed by atoms with Crippen LogP contribution in [0.15, 0.2) is 66.7 Å². The van der Waals surface area contributed by atoms with Gasteiger partial charge in [0.2, 0.25) is 0 Å². The van der Waals surface area contributed by atoms with Crippen molar-refractivity contribution >= 4 is 0 Å². The summed E-state index contributed by atoms with van der Waals surface area (Å²) in [4.78, 5) is 4.35. The van der Waals surface area contributed by atoms with Crippen LogP contribution in [0.5, 0.6) is 0 Å². The van der Waals surface area contributed by atoms with E-state index in [2.05, 4.69) is 4.98 Å². The monoisotopic (exact) mass is 267 g/mol. The van der Waals surface area contributed by atoms with Crippen molar-refractivity contribution in [2.75, 3.05) is 0 Å². The molecule has 2 aromatic carbocycles. The normalized spacial score (nSPS) is 10.5. The Labute approximate surface area is 115 Å². The van der Waals surface area contributed by atoms with Crippen molar-refractivity contribution in [3.63, 3.8) is 0 Å². The highest BCUT2D eigenvalue weighted by Gasteiger charge is 2.09. The van der Waals surface area contributed by atoms with Crippen LogP contribution >= 0.6 is 0 Å². The molecule has 1 nitrogen and oxygen atoms in total. The van der Waals surface area contributed by atoms with Crippen LogP contribution < -0.4 is 0 Å². The number of nitrogens with zero attached hydrogens (tertiary/aromatic N) is 1. The number of halogens is 2. The fraction of sp³-hybridized carbons (Fsp3) is 0. The molecule has 0 saturated carbocycles. The van der Waals surface area contributed by atoms with Crippen molar-refractivity contribution in [3.8, 4) is 22.5 Å². The van der Waals surface area contributed by atoms with Crippen LogP contribution in [0.2, 0.25) is 0 Å². The molecule has 98 valence electrons. The molecule has 0 spiro atoms. The lowest BCUT2D eigenvalue weighted by Crippen LogP contribution is -1.92. The highest BCUT2D eigenvalue weighted by Crippen LogP contribution is 2.25. The van der Waals surface area contributed by atoms with E-state index in [4.69, 9.17) is 0 Å². The lowest BCUT2D eigenvalue weighted by molar-refractivity contribution is 0.630. The second-order valence-corrected chi connectivity index (χ2v) is 4.37. The van der Waals surface area contributed by atoms with Crippen molar-refractivity contribution in [3.05, 3.63) is 78.4 Å². The number of pyridine rings is 1. The van der Waals surface area contributed by atoms with Crippen LogP contribution in [-0.4, -0.2) is 4.98 Å². The lowest BCUT2D eigenvalue weighted by Gasteiger charge is -2.06. The Morgan fingerprint density at radius 2 is 1.00 bits per heavy atom. The molecule has 3 heteroatoms. The Kier molecular flexibility index (Phi) is 3.25. The maximum Gasteiger partial charge on any atom is 0.132 e. The second kappa shape index (κ2) is 5.21. The standard InChI is InChI=1S/C17H11F2N/c18-14-8-3-1-6-12(14)16-10-5-11-17(20-16)13-7-2-4-9-15(13)19/h1-11H. The Morgan fingerprint density at radius 1 is 0.550 bits per heavy atom. The van der Waals surface area contributed by atoms with E-state index in [1.807, 2.05) is 0 Å². The van der Waals surface area contributed by atoms with Gasteiger partial charge in [0.25, 0.3) is 0 Å². The molecule has 0 atom stereocenters. The third-order valence-corrected chi connectivity index (χ3v) is 3.05. The molecule has 1 aromatic heterocycles. The lowest BCUT2D eigenvalue weighted by atomic mass is 10.1. The number of benzene rings is 2. The summed E-state index contributed by atoms with van der Waals surface area (Å²) in [7, 11) is 0. The summed E-state index contributed by atoms with van der Waals surface area (Å²) < 4.78 is 27.5. The highest BCUT2D eigenvalue weighted by molar-refractivity contribution is 5.66. The van der Waals surface area contributed by atoms with Crippen LogP contribution in [0, 0.1) is 11.6 Å². The molecular weight excluding hydrogens is 256 g/mol. The van der Waals surface area contributed by atoms with Gasteiger partial charge in [0.1, 0.15) is 11.6 Å². The quantitative estimate of drug-likeness (QED) is 0.656. The summed E-state index contributed by atoms with van der Waals surface area (Å²) in [5, 5.41) is 0. The van der Waals surface area contributed by atoms with E-state index in [1.165, 1.54) is 12.1 Å². The van der Waals surface area contributed by atoms with E-state index in [-0.39, 0.29) is 11.6 Å². The molecule has 3 rings (SSSR count). The summed E-state index contributed by atoms with van der Waals surface area (Å²) in [6.45, 7) is 0. The van der Waals surface area contributed by atoms with Gasteiger partial charge in [-0.05, 0) is 36.4 Å². The van der Waals surface area contributed by atoms with Crippen LogP contribution in [0.3, 0.4) is 0 Å². The maximum atomic E-state index is 13.8. The fourth-order valence-electron chi connectivity index (χ4n) is 2.07. The van der Waals surface area contributed by atoms with E-state index in [0.29, 0.717) is 22.5 Å². The van der Waals surface area contributed by atoms with Gasteiger partial charge >= 0.3 is 0 Å². The number of hydrogen-bond donors (Lipinski definition) is 0. The first-order valence-corrected chi connectivity index (χ1v) is 6.22. The molecule has 0 saturated heterocycles. The fourth-order valence-corrected chi connectivity index (χ4v) is 2.07. The summed E-state index contributed by atoms with van der Waals surface area (Å²) in [5.41, 5.74) is 1.80. The highest BCUT2D eigenvalue weighted by atomic mass is 19.1. The number of rotatable bonds is 2. The van der Waals surface area contributed by atoms with Crippen LogP contribution in [0.4, 0.5) is 8.78 Å². The SMILES string of the molecule is Fc1ccccc1-c1cccc(-c2ccccc2F)n1. The summed E-state index contributed by atoms with van der Waals surface area (Å²) in [5.74, 6) is -0.684.